The first kappa shape index (κ1) is 12.7. The third-order valence-corrected chi connectivity index (χ3v) is 3.82. The number of halogens is 2. The van der Waals surface area contributed by atoms with E-state index in [-0.39, 0.29) is 5.41 Å². The second-order valence-corrected chi connectivity index (χ2v) is 5.26. The molecule has 0 bridgehead atoms. The average molecular weight is 270 g/mol. The number of nitrogens with zero attached hydrogens (tertiary/aromatic N) is 1. The molecule has 1 aliphatic heterocycles. The summed E-state index contributed by atoms with van der Waals surface area (Å²) in [7, 11) is 0. The molecule has 0 aliphatic carbocycles. The molecule has 0 aromatic heterocycles. The van der Waals surface area contributed by atoms with E-state index in [1.54, 1.807) is 6.07 Å². The summed E-state index contributed by atoms with van der Waals surface area (Å²) >= 11 is 12.0. The number of ether oxygens (including phenoxy) is 1. The van der Waals surface area contributed by atoms with Gasteiger partial charge in [0.25, 0.3) is 0 Å². The standard InChI is InChI=1S/C13H13Cl2NO/c14-11-2-1-10(12(15)7-11)8-13(9-16)3-5-17-6-4-13/h1-2,7H,3-6,8H2. The summed E-state index contributed by atoms with van der Waals surface area (Å²) in [5.74, 6) is 0. The van der Waals surface area contributed by atoms with Gasteiger partial charge in [0.2, 0.25) is 0 Å². The van der Waals surface area contributed by atoms with E-state index in [4.69, 9.17) is 27.9 Å². The quantitative estimate of drug-likeness (QED) is 0.817. The van der Waals surface area contributed by atoms with Gasteiger partial charge >= 0.3 is 0 Å². The van der Waals surface area contributed by atoms with Crippen molar-refractivity contribution in [3.05, 3.63) is 33.8 Å². The fourth-order valence-electron chi connectivity index (χ4n) is 2.12. The Morgan fingerprint density at radius 1 is 1.29 bits per heavy atom. The number of benzene rings is 1. The minimum absolute atomic E-state index is 0.338. The van der Waals surface area contributed by atoms with Crippen LogP contribution in [0.15, 0.2) is 18.2 Å². The summed E-state index contributed by atoms with van der Waals surface area (Å²) in [6, 6.07) is 7.88. The molecule has 17 heavy (non-hydrogen) atoms. The van der Waals surface area contributed by atoms with Crippen molar-refractivity contribution in [1.29, 1.82) is 5.26 Å². The highest BCUT2D eigenvalue weighted by atomic mass is 35.5. The summed E-state index contributed by atoms with van der Waals surface area (Å²) in [5.41, 5.74) is 0.648. The molecular formula is C13H13Cl2NO. The van der Waals surface area contributed by atoms with Crippen LogP contribution in [0.3, 0.4) is 0 Å². The van der Waals surface area contributed by atoms with E-state index in [1.807, 2.05) is 12.1 Å². The van der Waals surface area contributed by atoms with E-state index in [0.29, 0.717) is 29.7 Å². The number of rotatable bonds is 2. The zero-order valence-corrected chi connectivity index (χ0v) is 10.9. The molecule has 0 N–H and O–H groups in total. The highest BCUT2D eigenvalue weighted by Crippen LogP contribution is 2.36. The molecule has 4 heteroatoms. The minimum Gasteiger partial charge on any atom is -0.381 e. The molecule has 0 atom stereocenters. The van der Waals surface area contributed by atoms with Gasteiger partial charge in [-0.1, -0.05) is 29.3 Å². The third kappa shape index (κ3) is 2.93. The van der Waals surface area contributed by atoms with E-state index in [9.17, 15) is 5.26 Å². The van der Waals surface area contributed by atoms with Crippen LogP contribution < -0.4 is 0 Å². The van der Waals surface area contributed by atoms with E-state index >= 15 is 0 Å². The largest absolute Gasteiger partial charge is 0.381 e. The zero-order valence-electron chi connectivity index (χ0n) is 9.38. The predicted molar refractivity (Wildman–Crippen MR) is 68.3 cm³/mol. The van der Waals surface area contributed by atoms with Gasteiger partial charge in [0.1, 0.15) is 0 Å². The van der Waals surface area contributed by atoms with Crippen LogP contribution in [0.2, 0.25) is 10.0 Å². The molecule has 0 unspecified atom stereocenters. The number of nitriles is 1. The first-order valence-electron chi connectivity index (χ1n) is 5.58. The normalized spacial score (nSPS) is 18.6. The van der Waals surface area contributed by atoms with Gasteiger partial charge in [-0.25, -0.2) is 0 Å². The molecule has 90 valence electrons. The third-order valence-electron chi connectivity index (χ3n) is 3.23. The van der Waals surface area contributed by atoms with Crippen LogP contribution in [0, 0.1) is 16.7 Å². The lowest BCUT2D eigenvalue weighted by Gasteiger charge is -2.30. The van der Waals surface area contributed by atoms with Crippen molar-refractivity contribution in [2.24, 2.45) is 5.41 Å². The Kier molecular flexibility index (Phi) is 3.93. The summed E-state index contributed by atoms with van der Waals surface area (Å²) in [6.45, 7) is 1.30. The van der Waals surface area contributed by atoms with Crippen molar-refractivity contribution >= 4 is 23.2 Å². The average Bonchev–Trinajstić information content (AvgIpc) is 2.34. The first-order valence-corrected chi connectivity index (χ1v) is 6.34. The SMILES string of the molecule is N#CC1(Cc2ccc(Cl)cc2Cl)CCOCC1. The van der Waals surface area contributed by atoms with Gasteiger partial charge in [-0.15, -0.1) is 0 Å². The molecular weight excluding hydrogens is 257 g/mol. The zero-order chi connectivity index (χ0) is 12.3. The van der Waals surface area contributed by atoms with E-state index in [0.717, 1.165) is 18.4 Å². The van der Waals surface area contributed by atoms with E-state index < -0.39 is 0 Å². The number of hydrogen-bond donors (Lipinski definition) is 0. The molecule has 1 heterocycles. The Morgan fingerprint density at radius 3 is 2.59 bits per heavy atom. The van der Waals surface area contributed by atoms with Crippen molar-refractivity contribution < 1.29 is 4.74 Å². The van der Waals surface area contributed by atoms with Gasteiger partial charge in [0.15, 0.2) is 0 Å². The van der Waals surface area contributed by atoms with Gasteiger partial charge < -0.3 is 4.74 Å². The van der Waals surface area contributed by atoms with Crippen molar-refractivity contribution in [2.45, 2.75) is 19.3 Å². The van der Waals surface area contributed by atoms with Gasteiger partial charge in [0, 0.05) is 23.3 Å². The van der Waals surface area contributed by atoms with Crippen molar-refractivity contribution in [1.82, 2.24) is 0 Å². The molecule has 1 aliphatic rings. The summed E-state index contributed by atoms with van der Waals surface area (Å²) in [4.78, 5) is 0. The van der Waals surface area contributed by atoms with Crippen molar-refractivity contribution in [3.63, 3.8) is 0 Å². The van der Waals surface area contributed by atoms with Crippen LogP contribution in [-0.4, -0.2) is 13.2 Å². The maximum Gasteiger partial charge on any atom is 0.0695 e. The Morgan fingerprint density at radius 2 is 2.00 bits per heavy atom. The fourth-order valence-corrected chi connectivity index (χ4v) is 2.60. The second-order valence-electron chi connectivity index (χ2n) is 4.42. The Balaban J connectivity index is 2.21. The molecule has 0 saturated carbocycles. The summed E-state index contributed by atoms with van der Waals surface area (Å²) < 4.78 is 5.31. The molecule has 1 fully saturated rings. The molecule has 0 amide bonds. The molecule has 1 saturated heterocycles. The van der Waals surface area contributed by atoms with Crippen LogP contribution in [0.5, 0.6) is 0 Å². The molecule has 2 nitrogen and oxygen atoms in total. The van der Waals surface area contributed by atoms with Crippen LogP contribution in [0.25, 0.3) is 0 Å². The van der Waals surface area contributed by atoms with Crippen LogP contribution in [0.4, 0.5) is 0 Å². The number of hydrogen-bond acceptors (Lipinski definition) is 2. The molecule has 0 spiro atoms. The highest BCUT2D eigenvalue weighted by molar-refractivity contribution is 6.35. The molecule has 2 rings (SSSR count). The fraction of sp³-hybridized carbons (Fsp3) is 0.462. The molecule has 1 aromatic carbocycles. The lowest BCUT2D eigenvalue weighted by atomic mass is 9.76. The van der Waals surface area contributed by atoms with Crippen molar-refractivity contribution in [2.75, 3.05) is 13.2 Å². The van der Waals surface area contributed by atoms with Crippen LogP contribution >= 0.6 is 23.2 Å². The summed E-state index contributed by atoms with van der Waals surface area (Å²) in [5, 5.41) is 10.6. The van der Waals surface area contributed by atoms with E-state index in [2.05, 4.69) is 6.07 Å². The van der Waals surface area contributed by atoms with Crippen molar-refractivity contribution in [3.8, 4) is 6.07 Å². The maximum atomic E-state index is 9.37. The molecule has 1 aromatic rings. The van der Waals surface area contributed by atoms with E-state index in [1.165, 1.54) is 0 Å². The monoisotopic (exact) mass is 269 g/mol. The lowest BCUT2D eigenvalue weighted by molar-refractivity contribution is 0.0406. The van der Waals surface area contributed by atoms with Gasteiger partial charge in [-0.05, 0) is 37.0 Å². The summed E-state index contributed by atoms with van der Waals surface area (Å²) in [6.07, 6.45) is 2.20. The smallest absolute Gasteiger partial charge is 0.0695 e. The highest BCUT2D eigenvalue weighted by Gasteiger charge is 2.33. The maximum absolute atomic E-state index is 9.37. The topological polar surface area (TPSA) is 33.0 Å². The van der Waals surface area contributed by atoms with Crippen LogP contribution in [-0.2, 0) is 11.2 Å². The van der Waals surface area contributed by atoms with Gasteiger partial charge in [-0.2, -0.15) is 5.26 Å². The van der Waals surface area contributed by atoms with Gasteiger partial charge in [0.05, 0.1) is 11.5 Å². The Bertz CT molecular complexity index is 447. The van der Waals surface area contributed by atoms with Gasteiger partial charge in [-0.3, -0.25) is 0 Å². The molecule has 0 radical (unpaired) electrons. The first-order chi connectivity index (χ1) is 8.15. The Hall–Kier alpha value is -0.750. The second kappa shape index (κ2) is 5.27. The Labute approximate surface area is 111 Å². The predicted octanol–water partition coefficient (Wildman–Crippen LogP) is 3.86. The van der Waals surface area contributed by atoms with Crippen LogP contribution in [0.1, 0.15) is 18.4 Å². The lowest BCUT2D eigenvalue weighted by Crippen LogP contribution is -2.30. The minimum atomic E-state index is -0.338.